The zero-order chi connectivity index (χ0) is 23.4. The molecule has 9 nitrogen and oxygen atoms in total. The van der Waals surface area contributed by atoms with Gasteiger partial charge in [-0.25, -0.2) is 9.18 Å². The predicted molar refractivity (Wildman–Crippen MR) is 118 cm³/mol. The first-order valence-electron chi connectivity index (χ1n) is 10.6. The molecule has 0 aliphatic carbocycles. The zero-order valence-electron chi connectivity index (χ0n) is 18.3. The van der Waals surface area contributed by atoms with Crippen molar-refractivity contribution < 1.29 is 14.0 Å². The number of aromatic nitrogens is 2. The summed E-state index contributed by atoms with van der Waals surface area (Å²) in [6.45, 7) is 2.06. The number of ketones is 1. The first-order valence-corrected chi connectivity index (χ1v) is 10.6. The molecule has 3 rings (SSSR count). The van der Waals surface area contributed by atoms with E-state index in [0.717, 1.165) is 22.0 Å². The van der Waals surface area contributed by atoms with Crippen LogP contribution in [0.4, 0.5) is 10.2 Å². The summed E-state index contributed by atoms with van der Waals surface area (Å²) in [7, 11) is 1.54. The summed E-state index contributed by atoms with van der Waals surface area (Å²) in [5, 5.41) is 2.61. The van der Waals surface area contributed by atoms with E-state index in [2.05, 4.69) is 5.32 Å². The molecule has 2 heterocycles. The summed E-state index contributed by atoms with van der Waals surface area (Å²) >= 11 is 0. The minimum absolute atomic E-state index is 0.0178. The molecule has 1 atom stereocenters. The molecule has 0 bridgehead atoms. The standard InChI is InChI=1S/C22H28FN5O4/c1-3-27-21(31)18(17(29)13-26-11-5-4-6-16(26)20(30)25-2)19(24)28(22(27)32)12-14-7-9-15(23)10-8-14/h7-10,16H,3-6,11-13,24H2,1-2H3,(H,25,30)/t16-/m1/s1. The van der Waals surface area contributed by atoms with Crippen LogP contribution in [0.5, 0.6) is 0 Å². The quantitative estimate of drug-likeness (QED) is 0.602. The van der Waals surface area contributed by atoms with Crippen molar-refractivity contribution in [2.24, 2.45) is 0 Å². The summed E-state index contributed by atoms with van der Waals surface area (Å²) in [5.74, 6) is -1.38. The summed E-state index contributed by atoms with van der Waals surface area (Å²) in [4.78, 5) is 53.0. The number of benzene rings is 1. The van der Waals surface area contributed by atoms with Crippen molar-refractivity contribution in [2.75, 3.05) is 25.9 Å². The number of amides is 1. The van der Waals surface area contributed by atoms with Crippen LogP contribution in [0.25, 0.3) is 0 Å². The number of nitrogen functional groups attached to an aromatic ring is 1. The van der Waals surface area contributed by atoms with Gasteiger partial charge in [0.1, 0.15) is 17.2 Å². The molecule has 10 heteroatoms. The molecule has 1 amide bonds. The van der Waals surface area contributed by atoms with Crippen molar-refractivity contribution in [1.82, 2.24) is 19.4 Å². The molecule has 32 heavy (non-hydrogen) atoms. The number of carbonyl (C=O) groups is 2. The maximum absolute atomic E-state index is 13.2. The number of likely N-dealkylation sites (N-methyl/N-ethyl adjacent to an activating group) is 1. The van der Waals surface area contributed by atoms with Crippen LogP contribution in [0.3, 0.4) is 0 Å². The third kappa shape index (κ3) is 4.64. The van der Waals surface area contributed by atoms with Crippen LogP contribution in [0.2, 0.25) is 0 Å². The Morgan fingerprint density at radius 3 is 2.47 bits per heavy atom. The lowest BCUT2D eigenvalue weighted by atomic mass is 10.0. The summed E-state index contributed by atoms with van der Waals surface area (Å²) in [6, 6.07) is 5.07. The largest absolute Gasteiger partial charge is 0.384 e. The van der Waals surface area contributed by atoms with E-state index in [1.165, 1.54) is 24.3 Å². The molecule has 1 aliphatic rings. The third-order valence-electron chi connectivity index (χ3n) is 5.83. The van der Waals surface area contributed by atoms with Gasteiger partial charge in [-0.2, -0.15) is 0 Å². The molecule has 0 spiro atoms. The highest BCUT2D eigenvalue weighted by Gasteiger charge is 2.31. The van der Waals surface area contributed by atoms with Crippen LogP contribution < -0.4 is 22.3 Å². The van der Waals surface area contributed by atoms with Gasteiger partial charge in [0.2, 0.25) is 5.91 Å². The number of anilines is 1. The number of hydrogen-bond acceptors (Lipinski definition) is 6. The molecule has 1 fully saturated rings. The van der Waals surface area contributed by atoms with E-state index in [9.17, 15) is 23.6 Å². The molecule has 3 N–H and O–H groups in total. The lowest BCUT2D eigenvalue weighted by Gasteiger charge is -2.33. The van der Waals surface area contributed by atoms with Gasteiger partial charge in [0.25, 0.3) is 5.56 Å². The van der Waals surface area contributed by atoms with Gasteiger partial charge < -0.3 is 11.1 Å². The highest BCUT2D eigenvalue weighted by molar-refractivity contribution is 6.01. The molecule has 0 radical (unpaired) electrons. The minimum atomic E-state index is -0.746. The molecule has 1 aromatic heterocycles. The van der Waals surface area contributed by atoms with Gasteiger partial charge in [0.05, 0.1) is 19.1 Å². The highest BCUT2D eigenvalue weighted by Crippen LogP contribution is 2.18. The highest BCUT2D eigenvalue weighted by atomic mass is 19.1. The van der Waals surface area contributed by atoms with Crippen LogP contribution in [0.1, 0.15) is 42.1 Å². The number of Topliss-reactive ketones (excluding diaryl/α,β-unsaturated/α-hetero) is 1. The molecule has 0 saturated carbocycles. The smallest absolute Gasteiger partial charge is 0.332 e. The first-order chi connectivity index (χ1) is 15.3. The first kappa shape index (κ1) is 23.4. The Labute approximate surface area is 184 Å². The van der Waals surface area contributed by atoms with Crippen LogP contribution >= 0.6 is 0 Å². The lowest BCUT2D eigenvalue weighted by Crippen LogP contribution is -2.51. The van der Waals surface area contributed by atoms with Gasteiger partial charge in [-0.3, -0.25) is 28.4 Å². The molecule has 172 valence electrons. The van der Waals surface area contributed by atoms with Gasteiger partial charge in [-0.05, 0) is 44.0 Å². The molecule has 2 aromatic rings. The van der Waals surface area contributed by atoms with E-state index in [1.807, 2.05) is 0 Å². The predicted octanol–water partition coefficient (Wildman–Crippen LogP) is 0.583. The van der Waals surface area contributed by atoms with Crippen molar-refractivity contribution in [3.63, 3.8) is 0 Å². The van der Waals surface area contributed by atoms with E-state index in [-0.39, 0.29) is 36.9 Å². The van der Waals surface area contributed by atoms with Crippen LogP contribution in [0.15, 0.2) is 33.9 Å². The minimum Gasteiger partial charge on any atom is -0.384 e. The van der Waals surface area contributed by atoms with Crippen molar-refractivity contribution in [3.05, 3.63) is 62.0 Å². The Bertz CT molecular complexity index is 1120. The summed E-state index contributed by atoms with van der Waals surface area (Å²) in [6.07, 6.45) is 2.32. The van der Waals surface area contributed by atoms with Crippen LogP contribution in [-0.4, -0.2) is 51.9 Å². The average molecular weight is 445 g/mol. The number of nitrogens with zero attached hydrogens (tertiary/aromatic N) is 3. The van der Waals surface area contributed by atoms with E-state index in [4.69, 9.17) is 5.73 Å². The number of hydrogen-bond donors (Lipinski definition) is 2. The second-order valence-corrected chi connectivity index (χ2v) is 7.82. The van der Waals surface area contributed by atoms with Gasteiger partial charge >= 0.3 is 5.69 Å². The van der Waals surface area contributed by atoms with Crippen molar-refractivity contribution in [3.8, 4) is 0 Å². The Balaban J connectivity index is 2.00. The summed E-state index contributed by atoms with van der Waals surface area (Å²) in [5.41, 5.74) is 5.11. The van der Waals surface area contributed by atoms with E-state index in [1.54, 1.807) is 18.9 Å². The van der Waals surface area contributed by atoms with Crippen molar-refractivity contribution >= 4 is 17.5 Å². The number of nitrogens with one attached hydrogen (secondary N) is 1. The number of rotatable bonds is 7. The number of piperidine rings is 1. The fourth-order valence-corrected chi connectivity index (χ4v) is 4.09. The Hall–Kier alpha value is -3.27. The maximum Gasteiger partial charge on any atom is 0.332 e. The van der Waals surface area contributed by atoms with Crippen LogP contribution in [0, 0.1) is 5.82 Å². The molecular weight excluding hydrogens is 417 g/mol. The maximum atomic E-state index is 13.2. The molecule has 1 aliphatic heterocycles. The number of halogens is 1. The average Bonchev–Trinajstić information content (AvgIpc) is 2.78. The van der Waals surface area contributed by atoms with Crippen molar-refractivity contribution in [2.45, 2.75) is 45.3 Å². The lowest BCUT2D eigenvalue weighted by molar-refractivity contribution is -0.126. The fraction of sp³-hybridized carbons (Fsp3) is 0.455. The molecule has 1 saturated heterocycles. The SMILES string of the molecule is CCn1c(=O)c(C(=O)CN2CCCC[C@@H]2C(=O)NC)c(N)n(Cc2ccc(F)cc2)c1=O. The second-order valence-electron chi connectivity index (χ2n) is 7.82. The van der Waals surface area contributed by atoms with Gasteiger partial charge in [-0.1, -0.05) is 18.6 Å². The number of likely N-dealkylation sites (tertiary alicyclic amines) is 1. The normalized spacial score (nSPS) is 16.7. The second kappa shape index (κ2) is 9.90. The third-order valence-corrected chi connectivity index (χ3v) is 5.83. The van der Waals surface area contributed by atoms with E-state index in [0.29, 0.717) is 18.5 Å². The number of nitrogens with two attached hydrogens (primary N) is 1. The molecule has 1 aromatic carbocycles. The van der Waals surface area contributed by atoms with Gasteiger partial charge in [-0.15, -0.1) is 0 Å². The Morgan fingerprint density at radius 1 is 1.16 bits per heavy atom. The fourth-order valence-electron chi connectivity index (χ4n) is 4.09. The van der Waals surface area contributed by atoms with E-state index < -0.39 is 28.9 Å². The Morgan fingerprint density at radius 2 is 1.84 bits per heavy atom. The van der Waals surface area contributed by atoms with Crippen molar-refractivity contribution in [1.29, 1.82) is 0 Å². The van der Waals surface area contributed by atoms with Gasteiger partial charge in [0, 0.05) is 13.6 Å². The zero-order valence-corrected chi connectivity index (χ0v) is 18.3. The monoisotopic (exact) mass is 445 g/mol. The molecular formula is C22H28FN5O4. The van der Waals surface area contributed by atoms with Crippen LogP contribution in [-0.2, 0) is 17.9 Å². The molecule has 0 unspecified atom stereocenters. The Kier molecular flexibility index (Phi) is 7.24. The summed E-state index contributed by atoms with van der Waals surface area (Å²) < 4.78 is 15.4. The number of carbonyl (C=O) groups excluding carboxylic acids is 2. The van der Waals surface area contributed by atoms with E-state index >= 15 is 0 Å². The van der Waals surface area contributed by atoms with Gasteiger partial charge in [0.15, 0.2) is 5.78 Å². The topological polar surface area (TPSA) is 119 Å².